The van der Waals surface area contributed by atoms with Crippen molar-refractivity contribution >= 4 is 61.4 Å². The Morgan fingerprint density at radius 1 is 1.18 bits per heavy atom. The van der Waals surface area contributed by atoms with Crippen LogP contribution in [0.3, 0.4) is 0 Å². The molecule has 10 heteroatoms. The van der Waals surface area contributed by atoms with E-state index in [2.05, 4.69) is 10.3 Å². The first kappa shape index (κ1) is 20.9. The summed E-state index contributed by atoms with van der Waals surface area (Å²) < 4.78 is 11.3. The third-order valence-electron chi connectivity index (χ3n) is 5.02. The van der Waals surface area contributed by atoms with Gasteiger partial charge in [0.05, 0.1) is 17.1 Å². The van der Waals surface area contributed by atoms with Crippen LogP contribution in [0.2, 0.25) is 5.02 Å². The standard InChI is InChI=1S/C23H14ClN3O5S/c1-31-14-8-5-12(6-9-14)23-26-16-11-13(7-10-18(16)32-23)25-22(28)21-19(24)15-3-2-4-17(27(29)30)20(15)33-21/h2-11H,1H3,(H,25,28). The summed E-state index contributed by atoms with van der Waals surface area (Å²) in [4.78, 5) is 28.4. The molecule has 1 N–H and O–H groups in total. The first-order valence-corrected chi connectivity index (χ1v) is 10.9. The summed E-state index contributed by atoms with van der Waals surface area (Å²) in [5.74, 6) is 0.704. The van der Waals surface area contributed by atoms with Gasteiger partial charge in [0, 0.05) is 22.7 Å². The van der Waals surface area contributed by atoms with Crippen LogP contribution < -0.4 is 10.1 Å². The van der Waals surface area contributed by atoms with Gasteiger partial charge in [0.25, 0.3) is 11.6 Å². The van der Waals surface area contributed by atoms with Crippen molar-refractivity contribution in [1.29, 1.82) is 0 Å². The lowest BCUT2D eigenvalue weighted by Gasteiger charge is -2.03. The zero-order valence-electron chi connectivity index (χ0n) is 17.0. The number of non-ortho nitro benzene ring substituents is 1. The number of nitro groups is 1. The van der Waals surface area contributed by atoms with Crippen LogP contribution in [0.5, 0.6) is 5.75 Å². The molecule has 33 heavy (non-hydrogen) atoms. The molecule has 3 aromatic carbocycles. The second-order valence-electron chi connectivity index (χ2n) is 7.04. The minimum absolute atomic E-state index is 0.0893. The lowest BCUT2D eigenvalue weighted by atomic mass is 10.2. The maximum atomic E-state index is 12.9. The van der Waals surface area contributed by atoms with E-state index in [1.807, 2.05) is 24.3 Å². The molecule has 0 unspecified atom stereocenters. The van der Waals surface area contributed by atoms with E-state index in [9.17, 15) is 14.9 Å². The fraction of sp³-hybridized carbons (Fsp3) is 0.0435. The SMILES string of the molecule is COc1ccc(-c2nc3cc(NC(=O)c4sc5c([N+](=O)[O-])cccc5c4Cl)ccc3o2)cc1. The van der Waals surface area contributed by atoms with Gasteiger partial charge in [0.15, 0.2) is 5.58 Å². The number of anilines is 1. The second kappa shape index (κ2) is 8.19. The number of carbonyl (C=O) groups is 1. The number of aromatic nitrogens is 1. The topological polar surface area (TPSA) is 108 Å². The molecular formula is C23H14ClN3O5S. The number of fused-ring (bicyclic) bond motifs is 2. The van der Waals surface area contributed by atoms with Gasteiger partial charge >= 0.3 is 0 Å². The molecule has 2 aromatic heterocycles. The number of hydrogen-bond acceptors (Lipinski definition) is 7. The number of benzene rings is 3. The van der Waals surface area contributed by atoms with E-state index in [0.29, 0.717) is 32.8 Å². The third-order valence-corrected chi connectivity index (χ3v) is 6.75. The average molecular weight is 480 g/mol. The Morgan fingerprint density at radius 3 is 2.70 bits per heavy atom. The number of carbonyl (C=O) groups excluding carboxylic acids is 1. The molecule has 5 aromatic rings. The smallest absolute Gasteiger partial charge is 0.287 e. The Morgan fingerprint density at radius 2 is 1.97 bits per heavy atom. The Bertz CT molecular complexity index is 1540. The molecule has 0 radical (unpaired) electrons. The zero-order valence-corrected chi connectivity index (χ0v) is 18.6. The number of rotatable bonds is 5. The molecule has 0 atom stereocenters. The third kappa shape index (κ3) is 3.77. The molecule has 0 aliphatic rings. The van der Waals surface area contributed by atoms with Crippen molar-refractivity contribution in [2.24, 2.45) is 0 Å². The van der Waals surface area contributed by atoms with Crippen molar-refractivity contribution in [3.63, 3.8) is 0 Å². The monoisotopic (exact) mass is 479 g/mol. The van der Waals surface area contributed by atoms with Crippen LogP contribution in [0.15, 0.2) is 65.1 Å². The quantitative estimate of drug-likeness (QED) is 0.227. The van der Waals surface area contributed by atoms with Crippen LogP contribution in [0.25, 0.3) is 32.6 Å². The normalized spacial score (nSPS) is 11.1. The highest BCUT2D eigenvalue weighted by Crippen LogP contribution is 2.40. The van der Waals surface area contributed by atoms with Crippen molar-refractivity contribution in [1.82, 2.24) is 4.98 Å². The molecule has 1 amide bonds. The maximum Gasteiger partial charge on any atom is 0.287 e. The number of amides is 1. The minimum Gasteiger partial charge on any atom is -0.497 e. The van der Waals surface area contributed by atoms with Crippen LogP contribution in [0.4, 0.5) is 11.4 Å². The van der Waals surface area contributed by atoms with E-state index in [0.717, 1.165) is 22.6 Å². The molecule has 0 spiro atoms. The summed E-state index contributed by atoms with van der Waals surface area (Å²) in [5, 5.41) is 14.7. The van der Waals surface area contributed by atoms with Crippen molar-refractivity contribution in [2.45, 2.75) is 0 Å². The highest BCUT2D eigenvalue weighted by atomic mass is 35.5. The van der Waals surface area contributed by atoms with Crippen molar-refractivity contribution in [3.05, 3.63) is 80.7 Å². The molecule has 0 aliphatic carbocycles. The van der Waals surface area contributed by atoms with Crippen LogP contribution in [-0.2, 0) is 0 Å². The maximum absolute atomic E-state index is 12.9. The van der Waals surface area contributed by atoms with E-state index in [-0.39, 0.29) is 15.6 Å². The summed E-state index contributed by atoms with van der Waals surface area (Å²) in [6, 6.07) is 17.0. The Labute approximate surface area is 195 Å². The lowest BCUT2D eigenvalue weighted by Crippen LogP contribution is -2.10. The fourth-order valence-electron chi connectivity index (χ4n) is 3.41. The van der Waals surface area contributed by atoms with Crippen LogP contribution >= 0.6 is 22.9 Å². The Hall–Kier alpha value is -3.95. The summed E-state index contributed by atoms with van der Waals surface area (Å²) in [6.45, 7) is 0. The van der Waals surface area contributed by atoms with Crippen molar-refractivity contribution in [3.8, 4) is 17.2 Å². The molecular weight excluding hydrogens is 466 g/mol. The average Bonchev–Trinajstić information content (AvgIpc) is 3.40. The van der Waals surface area contributed by atoms with Gasteiger partial charge in [-0.15, -0.1) is 11.3 Å². The molecule has 0 fully saturated rings. The van der Waals surface area contributed by atoms with E-state index in [1.165, 1.54) is 6.07 Å². The van der Waals surface area contributed by atoms with E-state index < -0.39 is 10.8 Å². The van der Waals surface area contributed by atoms with E-state index in [1.54, 1.807) is 37.4 Å². The minimum atomic E-state index is -0.490. The summed E-state index contributed by atoms with van der Waals surface area (Å²) >= 11 is 7.36. The molecule has 0 aliphatic heterocycles. The van der Waals surface area contributed by atoms with Gasteiger partial charge < -0.3 is 14.5 Å². The zero-order chi connectivity index (χ0) is 23.1. The number of thiophene rings is 1. The van der Waals surface area contributed by atoms with Crippen LogP contribution in [-0.4, -0.2) is 22.9 Å². The molecule has 0 saturated heterocycles. The Kier molecular flexibility index (Phi) is 5.20. The van der Waals surface area contributed by atoms with E-state index in [4.69, 9.17) is 20.8 Å². The molecule has 5 rings (SSSR count). The lowest BCUT2D eigenvalue weighted by molar-refractivity contribution is -0.382. The number of methoxy groups -OCH3 is 1. The number of nitrogens with zero attached hydrogens (tertiary/aromatic N) is 2. The summed E-state index contributed by atoms with van der Waals surface area (Å²) in [7, 11) is 1.59. The predicted octanol–water partition coefficient (Wildman–Crippen LogP) is 6.53. The highest BCUT2D eigenvalue weighted by Gasteiger charge is 2.23. The number of ether oxygens (including phenoxy) is 1. The summed E-state index contributed by atoms with van der Waals surface area (Å²) in [5.41, 5.74) is 2.32. The van der Waals surface area contributed by atoms with Crippen LogP contribution in [0, 0.1) is 10.1 Å². The molecule has 0 bridgehead atoms. The van der Waals surface area contributed by atoms with Gasteiger partial charge in [-0.25, -0.2) is 4.98 Å². The predicted molar refractivity (Wildman–Crippen MR) is 127 cm³/mol. The van der Waals surface area contributed by atoms with E-state index >= 15 is 0 Å². The number of nitrogens with one attached hydrogen (secondary N) is 1. The largest absolute Gasteiger partial charge is 0.497 e. The number of oxazole rings is 1. The molecule has 2 heterocycles. The van der Waals surface area contributed by atoms with Gasteiger partial charge in [-0.3, -0.25) is 14.9 Å². The number of hydrogen-bond donors (Lipinski definition) is 1. The number of nitro benzene ring substituents is 1. The van der Waals surface area contributed by atoms with Gasteiger partial charge in [-0.2, -0.15) is 0 Å². The number of halogens is 1. The van der Waals surface area contributed by atoms with Crippen LogP contribution in [0.1, 0.15) is 9.67 Å². The fourth-order valence-corrected chi connectivity index (χ4v) is 4.90. The highest BCUT2D eigenvalue weighted by molar-refractivity contribution is 7.22. The van der Waals surface area contributed by atoms with Crippen molar-refractivity contribution < 1.29 is 18.9 Å². The Balaban J connectivity index is 1.44. The summed E-state index contributed by atoms with van der Waals surface area (Å²) in [6.07, 6.45) is 0. The van der Waals surface area contributed by atoms with Gasteiger partial charge in [0.2, 0.25) is 5.89 Å². The van der Waals surface area contributed by atoms with Gasteiger partial charge in [0.1, 0.15) is 20.8 Å². The molecule has 164 valence electrons. The second-order valence-corrected chi connectivity index (χ2v) is 8.44. The van der Waals surface area contributed by atoms with Gasteiger partial charge in [-0.05, 0) is 42.5 Å². The first-order chi connectivity index (χ1) is 15.9. The van der Waals surface area contributed by atoms with Crippen molar-refractivity contribution in [2.75, 3.05) is 12.4 Å². The molecule has 8 nitrogen and oxygen atoms in total. The van der Waals surface area contributed by atoms with Gasteiger partial charge in [-0.1, -0.05) is 23.7 Å². The molecule has 0 saturated carbocycles. The first-order valence-electron chi connectivity index (χ1n) is 9.66.